The van der Waals surface area contributed by atoms with Crippen LogP contribution in [0.15, 0.2) is 77.3 Å². The first-order chi connectivity index (χ1) is 17.8. The number of ether oxygens (including phenoxy) is 1. The minimum atomic E-state index is -0.681. The predicted octanol–water partition coefficient (Wildman–Crippen LogP) is 6.25. The maximum atomic E-state index is 13.7. The Morgan fingerprint density at radius 3 is 2.24 bits per heavy atom. The quantitative estimate of drug-likeness (QED) is 0.282. The summed E-state index contributed by atoms with van der Waals surface area (Å²) in [5.74, 6) is 0.198. The smallest absolute Gasteiger partial charge is 0.261 e. The van der Waals surface area contributed by atoms with E-state index in [4.69, 9.17) is 4.74 Å². The second kappa shape index (κ2) is 14.0. The molecule has 3 aromatic carbocycles. The topological polar surface area (TPSA) is 58.6 Å². The highest BCUT2D eigenvalue weighted by atomic mass is 79.9. The lowest BCUT2D eigenvalue weighted by Crippen LogP contribution is -2.53. The Bertz CT molecular complexity index is 1160. The lowest BCUT2D eigenvalue weighted by Gasteiger charge is -2.32. The average molecular weight is 566 g/mol. The van der Waals surface area contributed by atoms with Crippen LogP contribution in [0.25, 0.3) is 0 Å². The van der Waals surface area contributed by atoms with Gasteiger partial charge >= 0.3 is 0 Å². The molecular formula is C31H37BrN2O3. The Morgan fingerprint density at radius 2 is 1.62 bits per heavy atom. The summed E-state index contributed by atoms with van der Waals surface area (Å²) in [5.41, 5.74) is 4.27. The van der Waals surface area contributed by atoms with Gasteiger partial charge in [-0.25, -0.2) is 0 Å². The summed E-state index contributed by atoms with van der Waals surface area (Å²) < 4.78 is 6.75. The van der Waals surface area contributed by atoms with E-state index >= 15 is 0 Å². The number of carbonyl (C=O) groups is 2. The molecule has 1 N–H and O–H groups in total. The van der Waals surface area contributed by atoms with Crippen molar-refractivity contribution in [2.75, 3.05) is 6.61 Å². The normalized spacial score (nSPS) is 12.5. The highest BCUT2D eigenvalue weighted by Crippen LogP contribution is 2.26. The van der Waals surface area contributed by atoms with Crippen molar-refractivity contribution in [1.29, 1.82) is 0 Å². The number of carbonyl (C=O) groups excluding carboxylic acids is 2. The van der Waals surface area contributed by atoms with Crippen LogP contribution in [0.4, 0.5) is 0 Å². The van der Waals surface area contributed by atoms with Gasteiger partial charge in [0.1, 0.15) is 11.8 Å². The van der Waals surface area contributed by atoms with E-state index in [2.05, 4.69) is 28.2 Å². The van der Waals surface area contributed by atoms with Crippen molar-refractivity contribution < 1.29 is 14.3 Å². The lowest BCUT2D eigenvalue weighted by atomic mass is 10.0. The molecule has 0 aliphatic heterocycles. The summed E-state index contributed by atoms with van der Waals surface area (Å²) in [7, 11) is 0. The standard InChI is InChI=1S/C31H37BrN2O3/c1-5-23(4)33-31(36)28(19-25-10-8-7-9-11-25)34(20-26-14-12-22(3)13-15-26)30(35)21-37-29-17-16-24(6-2)18-27(29)32/h7-18,23,28H,5-6,19-21H2,1-4H3,(H,33,36)/t23-,28-/m1/s1. The number of halogens is 1. The van der Waals surface area contributed by atoms with Crippen LogP contribution in [-0.2, 0) is 29.0 Å². The second-order valence-electron chi connectivity index (χ2n) is 9.44. The van der Waals surface area contributed by atoms with Crippen molar-refractivity contribution in [2.24, 2.45) is 0 Å². The summed E-state index contributed by atoms with van der Waals surface area (Å²) in [6, 6.07) is 23.1. The van der Waals surface area contributed by atoms with E-state index in [1.54, 1.807) is 4.90 Å². The predicted molar refractivity (Wildman–Crippen MR) is 153 cm³/mol. The van der Waals surface area contributed by atoms with Gasteiger partial charge in [0.15, 0.2) is 6.61 Å². The number of aryl methyl sites for hydroxylation is 2. The minimum absolute atomic E-state index is 0.00591. The van der Waals surface area contributed by atoms with Crippen LogP contribution < -0.4 is 10.1 Å². The third-order valence-corrected chi connectivity index (χ3v) is 7.12. The first-order valence-electron chi connectivity index (χ1n) is 12.9. The van der Waals surface area contributed by atoms with Gasteiger partial charge in [-0.2, -0.15) is 0 Å². The fourth-order valence-electron chi connectivity index (χ4n) is 3.99. The Kier molecular flexibility index (Phi) is 10.8. The highest BCUT2D eigenvalue weighted by molar-refractivity contribution is 9.10. The van der Waals surface area contributed by atoms with Crippen molar-refractivity contribution in [3.8, 4) is 5.75 Å². The van der Waals surface area contributed by atoms with E-state index in [0.29, 0.717) is 18.7 Å². The maximum Gasteiger partial charge on any atom is 0.261 e. The van der Waals surface area contributed by atoms with Gasteiger partial charge in [0.2, 0.25) is 5.91 Å². The maximum absolute atomic E-state index is 13.7. The number of nitrogens with one attached hydrogen (secondary N) is 1. The summed E-state index contributed by atoms with van der Waals surface area (Å²) in [4.78, 5) is 28.9. The molecule has 0 bridgehead atoms. The van der Waals surface area contributed by atoms with E-state index in [1.807, 2.05) is 93.6 Å². The first-order valence-corrected chi connectivity index (χ1v) is 13.7. The molecule has 0 spiro atoms. The molecular weight excluding hydrogens is 528 g/mol. The van der Waals surface area contributed by atoms with Gasteiger partial charge in [-0.05, 0) is 71.4 Å². The number of hydrogen-bond acceptors (Lipinski definition) is 3. The molecule has 2 atom stereocenters. The number of hydrogen-bond donors (Lipinski definition) is 1. The molecule has 196 valence electrons. The van der Waals surface area contributed by atoms with Crippen LogP contribution in [0.5, 0.6) is 5.75 Å². The molecule has 3 aromatic rings. The molecule has 6 heteroatoms. The second-order valence-corrected chi connectivity index (χ2v) is 10.3. The Morgan fingerprint density at radius 1 is 0.946 bits per heavy atom. The zero-order valence-electron chi connectivity index (χ0n) is 22.2. The molecule has 0 saturated carbocycles. The van der Waals surface area contributed by atoms with Gasteiger partial charge in [-0.1, -0.05) is 80.1 Å². The van der Waals surface area contributed by atoms with E-state index in [1.165, 1.54) is 5.56 Å². The van der Waals surface area contributed by atoms with Crippen molar-refractivity contribution in [1.82, 2.24) is 10.2 Å². The molecule has 2 amide bonds. The summed E-state index contributed by atoms with van der Waals surface area (Å²) in [5, 5.41) is 3.09. The fourth-order valence-corrected chi connectivity index (χ4v) is 4.53. The molecule has 37 heavy (non-hydrogen) atoms. The van der Waals surface area contributed by atoms with Crippen molar-refractivity contribution >= 4 is 27.7 Å². The number of nitrogens with zero attached hydrogens (tertiary/aromatic N) is 1. The van der Waals surface area contributed by atoms with E-state index in [-0.39, 0.29) is 24.5 Å². The third kappa shape index (κ3) is 8.46. The molecule has 0 radical (unpaired) electrons. The molecule has 0 aliphatic carbocycles. The van der Waals surface area contributed by atoms with Gasteiger partial charge in [0, 0.05) is 19.0 Å². The van der Waals surface area contributed by atoms with Crippen molar-refractivity contribution in [2.45, 2.75) is 65.6 Å². The van der Waals surface area contributed by atoms with Gasteiger partial charge in [0.05, 0.1) is 4.47 Å². The van der Waals surface area contributed by atoms with E-state index < -0.39 is 6.04 Å². The molecule has 5 nitrogen and oxygen atoms in total. The summed E-state index contributed by atoms with van der Waals surface area (Å²) in [6.07, 6.45) is 2.13. The van der Waals surface area contributed by atoms with Gasteiger partial charge in [0.25, 0.3) is 5.91 Å². The molecule has 0 heterocycles. The fraction of sp³-hybridized carbons (Fsp3) is 0.355. The first kappa shape index (κ1) is 28.5. The number of amides is 2. The molecule has 0 aromatic heterocycles. The largest absolute Gasteiger partial charge is 0.483 e. The molecule has 0 fully saturated rings. The van der Waals surface area contributed by atoms with E-state index in [0.717, 1.165) is 34.0 Å². The Balaban J connectivity index is 1.91. The van der Waals surface area contributed by atoms with Gasteiger partial charge in [-0.15, -0.1) is 0 Å². The average Bonchev–Trinajstić information content (AvgIpc) is 2.91. The van der Waals surface area contributed by atoms with Gasteiger partial charge in [-0.3, -0.25) is 9.59 Å². The zero-order valence-corrected chi connectivity index (χ0v) is 23.8. The van der Waals surface area contributed by atoms with E-state index in [9.17, 15) is 9.59 Å². The molecule has 0 saturated heterocycles. The Hall–Kier alpha value is -3.12. The SMILES string of the molecule is CCc1ccc(OCC(=O)N(Cc2ccc(C)cc2)[C@H](Cc2ccccc2)C(=O)N[C@H](C)CC)c(Br)c1. The molecule has 0 unspecified atom stereocenters. The summed E-state index contributed by atoms with van der Waals surface area (Å²) >= 11 is 3.55. The lowest BCUT2D eigenvalue weighted by molar-refractivity contribution is -0.143. The summed E-state index contributed by atoms with van der Waals surface area (Å²) in [6.45, 7) is 8.26. The van der Waals surface area contributed by atoms with Crippen LogP contribution in [0.3, 0.4) is 0 Å². The number of rotatable bonds is 12. The Labute approximate surface area is 229 Å². The van der Waals surface area contributed by atoms with Gasteiger partial charge < -0.3 is 15.0 Å². The van der Waals surface area contributed by atoms with Crippen LogP contribution in [0.2, 0.25) is 0 Å². The monoisotopic (exact) mass is 564 g/mol. The van der Waals surface area contributed by atoms with Crippen molar-refractivity contribution in [3.05, 3.63) is 99.5 Å². The minimum Gasteiger partial charge on any atom is -0.483 e. The van der Waals surface area contributed by atoms with Crippen LogP contribution >= 0.6 is 15.9 Å². The van der Waals surface area contributed by atoms with Crippen LogP contribution in [-0.4, -0.2) is 35.4 Å². The third-order valence-electron chi connectivity index (χ3n) is 6.50. The zero-order chi connectivity index (χ0) is 26.8. The van der Waals surface area contributed by atoms with Crippen molar-refractivity contribution in [3.63, 3.8) is 0 Å². The molecule has 0 aliphatic rings. The number of benzene rings is 3. The highest BCUT2D eigenvalue weighted by Gasteiger charge is 2.31. The molecule has 3 rings (SSSR count). The van der Waals surface area contributed by atoms with Crippen LogP contribution in [0.1, 0.15) is 49.4 Å². The van der Waals surface area contributed by atoms with Crippen LogP contribution in [0, 0.1) is 6.92 Å².